The van der Waals surface area contributed by atoms with Crippen molar-refractivity contribution in [1.82, 2.24) is 10.6 Å². The molecule has 4 nitrogen and oxygen atoms in total. The number of benzene rings is 1. The monoisotopic (exact) mass is 296 g/mol. The van der Waals surface area contributed by atoms with Crippen LogP contribution in [0.5, 0.6) is 0 Å². The molecule has 0 spiro atoms. The molecule has 2 N–H and O–H groups in total. The van der Waals surface area contributed by atoms with Gasteiger partial charge >= 0.3 is 0 Å². The van der Waals surface area contributed by atoms with E-state index >= 15 is 0 Å². The summed E-state index contributed by atoms with van der Waals surface area (Å²) in [6.45, 7) is 4.59. The lowest BCUT2D eigenvalue weighted by Crippen LogP contribution is -2.37. The molecule has 5 heteroatoms. The standard InChI is InChI=1S/C15H21ClN2O2/c1-3-8-17-15(20)10-18-14(19)7-6-12-5-4-11(2)13(16)9-12/h4-5,9H,3,6-8,10H2,1-2H3,(H,17,20)(H,18,19). The minimum absolute atomic E-state index is 0.0352. The highest BCUT2D eigenvalue weighted by molar-refractivity contribution is 6.31. The molecule has 0 aromatic heterocycles. The third-order valence-electron chi connectivity index (χ3n) is 2.90. The number of amides is 2. The van der Waals surface area contributed by atoms with Crippen LogP contribution >= 0.6 is 11.6 Å². The van der Waals surface area contributed by atoms with Gasteiger partial charge in [-0.2, -0.15) is 0 Å². The lowest BCUT2D eigenvalue weighted by molar-refractivity contribution is -0.126. The Balaban J connectivity index is 2.29. The predicted molar refractivity (Wildman–Crippen MR) is 80.8 cm³/mol. The van der Waals surface area contributed by atoms with E-state index in [1.54, 1.807) is 0 Å². The van der Waals surface area contributed by atoms with E-state index in [0.717, 1.165) is 17.5 Å². The lowest BCUT2D eigenvalue weighted by Gasteiger charge is -2.07. The first-order valence-corrected chi connectivity index (χ1v) is 7.19. The van der Waals surface area contributed by atoms with Crippen molar-refractivity contribution >= 4 is 23.4 Å². The summed E-state index contributed by atoms with van der Waals surface area (Å²) in [4.78, 5) is 22.9. The molecule has 0 saturated carbocycles. The van der Waals surface area contributed by atoms with E-state index in [4.69, 9.17) is 11.6 Å². The third-order valence-corrected chi connectivity index (χ3v) is 3.30. The first-order valence-electron chi connectivity index (χ1n) is 6.81. The average molecular weight is 297 g/mol. The molecule has 0 aliphatic carbocycles. The highest BCUT2D eigenvalue weighted by atomic mass is 35.5. The zero-order chi connectivity index (χ0) is 15.0. The summed E-state index contributed by atoms with van der Waals surface area (Å²) >= 11 is 6.03. The molecule has 0 atom stereocenters. The summed E-state index contributed by atoms with van der Waals surface area (Å²) < 4.78 is 0. The van der Waals surface area contributed by atoms with Crippen molar-refractivity contribution in [3.63, 3.8) is 0 Å². The normalized spacial score (nSPS) is 10.2. The third kappa shape index (κ3) is 6.06. The van der Waals surface area contributed by atoms with E-state index in [2.05, 4.69) is 10.6 Å². The molecule has 20 heavy (non-hydrogen) atoms. The maximum Gasteiger partial charge on any atom is 0.239 e. The van der Waals surface area contributed by atoms with Crippen molar-refractivity contribution in [3.05, 3.63) is 34.3 Å². The van der Waals surface area contributed by atoms with Crippen molar-refractivity contribution in [3.8, 4) is 0 Å². The Morgan fingerprint density at radius 1 is 1.20 bits per heavy atom. The van der Waals surface area contributed by atoms with Gasteiger partial charge in [0.15, 0.2) is 0 Å². The van der Waals surface area contributed by atoms with Crippen LogP contribution in [0, 0.1) is 6.92 Å². The van der Waals surface area contributed by atoms with Crippen molar-refractivity contribution in [2.45, 2.75) is 33.1 Å². The highest BCUT2D eigenvalue weighted by Crippen LogP contribution is 2.17. The molecule has 0 radical (unpaired) electrons. The van der Waals surface area contributed by atoms with Crippen molar-refractivity contribution in [1.29, 1.82) is 0 Å². The summed E-state index contributed by atoms with van der Waals surface area (Å²) in [7, 11) is 0. The molecule has 110 valence electrons. The summed E-state index contributed by atoms with van der Waals surface area (Å²) in [6, 6.07) is 5.77. The fourth-order valence-corrected chi connectivity index (χ4v) is 1.85. The minimum atomic E-state index is -0.154. The van der Waals surface area contributed by atoms with E-state index in [1.807, 2.05) is 32.0 Å². The zero-order valence-electron chi connectivity index (χ0n) is 12.0. The van der Waals surface area contributed by atoms with Crippen LogP contribution < -0.4 is 10.6 Å². The number of aryl methyl sites for hydroxylation is 2. The van der Waals surface area contributed by atoms with Crippen LogP contribution in [0.25, 0.3) is 0 Å². The van der Waals surface area contributed by atoms with Crippen LogP contribution in [0.1, 0.15) is 30.9 Å². The van der Waals surface area contributed by atoms with Gasteiger partial charge in [0.1, 0.15) is 0 Å². The smallest absolute Gasteiger partial charge is 0.239 e. The molecule has 2 amide bonds. The molecule has 0 unspecified atom stereocenters. The Bertz CT molecular complexity index is 475. The first-order chi connectivity index (χ1) is 9.52. The predicted octanol–water partition coefficient (Wildman–Crippen LogP) is 2.22. The van der Waals surface area contributed by atoms with Gasteiger partial charge in [-0.15, -0.1) is 0 Å². The maximum atomic E-state index is 11.6. The Morgan fingerprint density at radius 3 is 2.60 bits per heavy atom. The lowest BCUT2D eigenvalue weighted by atomic mass is 10.1. The van der Waals surface area contributed by atoms with Crippen LogP contribution in [0.4, 0.5) is 0 Å². The van der Waals surface area contributed by atoms with Crippen molar-refractivity contribution in [2.24, 2.45) is 0 Å². The van der Waals surface area contributed by atoms with Gasteiger partial charge in [0.2, 0.25) is 11.8 Å². The molecular weight excluding hydrogens is 276 g/mol. The molecule has 0 aliphatic rings. The van der Waals surface area contributed by atoms with Gasteiger partial charge in [-0.25, -0.2) is 0 Å². The van der Waals surface area contributed by atoms with Gasteiger partial charge < -0.3 is 10.6 Å². The topological polar surface area (TPSA) is 58.2 Å². The largest absolute Gasteiger partial charge is 0.355 e. The summed E-state index contributed by atoms with van der Waals surface area (Å²) in [5, 5.41) is 6.02. The van der Waals surface area contributed by atoms with Gasteiger partial charge in [0.05, 0.1) is 6.54 Å². The molecule has 1 aromatic carbocycles. The highest BCUT2D eigenvalue weighted by Gasteiger charge is 2.06. The quantitative estimate of drug-likeness (QED) is 0.810. The number of rotatable bonds is 7. The van der Waals surface area contributed by atoms with Gasteiger partial charge in [0, 0.05) is 18.0 Å². The number of carbonyl (C=O) groups excluding carboxylic acids is 2. The Labute approximate surface area is 124 Å². The van der Waals surface area contributed by atoms with Gasteiger partial charge in [0.25, 0.3) is 0 Å². The molecule has 1 rings (SSSR count). The van der Waals surface area contributed by atoms with Gasteiger partial charge in [-0.05, 0) is 37.0 Å². The van der Waals surface area contributed by atoms with Crippen LogP contribution in [0.2, 0.25) is 5.02 Å². The van der Waals surface area contributed by atoms with Crippen LogP contribution in [0.3, 0.4) is 0 Å². The molecule has 0 bridgehead atoms. The number of carbonyl (C=O) groups is 2. The zero-order valence-corrected chi connectivity index (χ0v) is 12.7. The fraction of sp³-hybridized carbons (Fsp3) is 0.467. The first kappa shape index (κ1) is 16.5. The second-order valence-corrected chi connectivity index (χ2v) is 5.12. The summed E-state index contributed by atoms with van der Waals surface area (Å²) in [6.07, 6.45) is 1.84. The van der Waals surface area contributed by atoms with E-state index in [9.17, 15) is 9.59 Å². The maximum absolute atomic E-state index is 11.6. The molecule has 0 saturated heterocycles. The van der Waals surface area contributed by atoms with E-state index in [0.29, 0.717) is 24.4 Å². The molecular formula is C15H21ClN2O2. The Hall–Kier alpha value is -1.55. The number of nitrogens with one attached hydrogen (secondary N) is 2. The van der Waals surface area contributed by atoms with Gasteiger partial charge in [-0.1, -0.05) is 30.7 Å². The SMILES string of the molecule is CCCNC(=O)CNC(=O)CCc1ccc(C)c(Cl)c1. The second-order valence-electron chi connectivity index (χ2n) is 4.71. The second kappa shape index (κ2) is 8.59. The van der Waals surface area contributed by atoms with E-state index < -0.39 is 0 Å². The van der Waals surface area contributed by atoms with Crippen LogP contribution in [0.15, 0.2) is 18.2 Å². The van der Waals surface area contributed by atoms with E-state index in [-0.39, 0.29) is 18.4 Å². The van der Waals surface area contributed by atoms with Crippen molar-refractivity contribution in [2.75, 3.05) is 13.1 Å². The molecule has 0 aliphatic heterocycles. The number of hydrogen-bond acceptors (Lipinski definition) is 2. The Kier molecular flexibility index (Phi) is 7.09. The average Bonchev–Trinajstić information content (AvgIpc) is 2.44. The Morgan fingerprint density at radius 2 is 1.95 bits per heavy atom. The van der Waals surface area contributed by atoms with Crippen LogP contribution in [-0.4, -0.2) is 24.9 Å². The molecule has 1 aromatic rings. The molecule has 0 heterocycles. The number of halogens is 1. The fourth-order valence-electron chi connectivity index (χ4n) is 1.64. The van der Waals surface area contributed by atoms with Crippen molar-refractivity contribution < 1.29 is 9.59 Å². The van der Waals surface area contributed by atoms with E-state index in [1.165, 1.54) is 0 Å². The van der Waals surface area contributed by atoms with Gasteiger partial charge in [-0.3, -0.25) is 9.59 Å². The van der Waals surface area contributed by atoms with Crippen LogP contribution in [-0.2, 0) is 16.0 Å². The number of hydrogen-bond donors (Lipinski definition) is 2. The minimum Gasteiger partial charge on any atom is -0.355 e. The summed E-state index contributed by atoms with van der Waals surface area (Å²) in [5.74, 6) is -0.285. The molecule has 0 fully saturated rings. The summed E-state index contributed by atoms with van der Waals surface area (Å²) in [5.41, 5.74) is 2.04.